The molecule has 243 valence electrons. The van der Waals surface area contributed by atoms with Gasteiger partial charge in [0.2, 0.25) is 0 Å². The number of aromatic nitrogens is 3. The number of aryl methyl sites for hydroxylation is 1. The number of furan rings is 1. The number of pyridine rings is 1. The molecule has 6 aromatic carbocycles. The van der Waals surface area contributed by atoms with Crippen molar-refractivity contribution in [3.8, 4) is 50.6 Å². The van der Waals surface area contributed by atoms with Crippen LogP contribution in [0.25, 0.3) is 72.6 Å². The van der Waals surface area contributed by atoms with E-state index in [1.807, 2.05) is 60.7 Å². The standard InChI is InChI=1S/C33H21N2O.C12H10N.Ir/c1-3-9-23(10-4-1)25-15-18-27(19-16-25)35-31-14-8-7-13-30(31)34-33(35)29-22-36-32-21-26(17-20-28(29)32)24-11-5-2-6-12-24;1-10-7-8-12(13-9-10)11-5-3-2-4-6-11;/h1-21H;2-5,7-9H,1H3;/q2*-1;/i;1D3;. The summed E-state index contributed by atoms with van der Waals surface area (Å²) in [5, 5.41) is 0.993. The van der Waals surface area contributed by atoms with Crippen LogP contribution in [0.1, 0.15) is 9.68 Å². The van der Waals surface area contributed by atoms with E-state index in [2.05, 4.69) is 107 Å². The molecule has 0 saturated heterocycles. The fourth-order valence-electron chi connectivity index (χ4n) is 5.95. The van der Waals surface area contributed by atoms with Gasteiger partial charge in [-0.25, -0.2) is 0 Å². The molecule has 1 radical (unpaired) electrons. The Morgan fingerprint density at radius 2 is 1.34 bits per heavy atom. The van der Waals surface area contributed by atoms with Crippen molar-refractivity contribution >= 4 is 22.0 Å². The van der Waals surface area contributed by atoms with E-state index in [0.717, 1.165) is 61.5 Å². The van der Waals surface area contributed by atoms with E-state index in [1.165, 1.54) is 17.3 Å². The van der Waals surface area contributed by atoms with Gasteiger partial charge in [0.05, 0.1) is 16.9 Å². The minimum Gasteiger partial charge on any atom is -0.557 e. The second-order valence-corrected chi connectivity index (χ2v) is 11.5. The van der Waals surface area contributed by atoms with Crippen molar-refractivity contribution in [1.82, 2.24) is 14.5 Å². The molecular weight excluding hydrogens is 791 g/mol. The SMILES string of the molecule is [2H]C([2H])([2H])c1ccc(-c2[c-]cccc2)nc1.[Ir].[c-]1oc2cc(-c3ccccc3)ccc2c1-c1nc2ccccc2n1-c1ccc(-c2ccccc2)cc1. The van der Waals surface area contributed by atoms with Crippen LogP contribution in [0.5, 0.6) is 0 Å². The Hall–Kier alpha value is -5.87. The maximum atomic E-state index is 7.23. The molecule has 0 amide bonds. The Balaban J connectivity index is 0.000000216. The van der Waals surface area contributed by atoms with E-state index in [-0.39, 0.29) is 25.7 Å². The fraction of sp³-hybridized carbons (Fsp3) is 0.0222. The van der Waals surface area contributed by atoms with Gasteiger partial charge in [-0.1, -0.05) is 120 Å². The van der Waals surface area contributed by atoms with Crippen LogP contribution < -0.4 is 0 Å². The molecule has 0 bridgehead atoms. The molecule has 0 N–H and O–H groups in total. The van der Waals surface area contributed by atoms with Crippen molar-refractivity contribution in [2.75, 3.05) is 0 Å². The minimum atomic E-state index is -2.09. The third-order valence-corrected chi connectivity index (χ3v) is 8.39. The average Bonchev–Trinajstić information content (AvgIpc) is 3.80. The smallest absolute Gasteiger partial charge is 0.0774 e. The van der Waals surface area contributed by atoms with Gasteiger partial charge in [-0.15, -0.1) is 42.0 Å². The normalized spacial score (nSPS) is 11.9. The van der Waals surface area contributed by atoms with E-state index in [4.69, 9.17) is 13.5 Å². The molecule has 0 unspecified atom stereocenters. The molecule has 9 rings (SSSR count). The molecule has 0 atom stereocenters. The maximum Gasteiger partial charge on any atom is 0.0774 e. The zero-order valence-corrected chi connectivity index (χ0v) is 29.1. The van der Waals surface area contributed by atoms with Gasteiger partial charge in [-0.05, 0) is 64.6 Å². The Labute approximate surface area is 309 Å². The van der Waals surface area contributed by atoms with E-state index < -0.39 is 6.85 Å². The van der Waals surface area contributed by atoms with Crippen LogP contribution in [0.3, 0.4) is 0 Å². The second kappa shape index (κ2) is 14.7. The Bertz CT molecular complexity index is 2580. The summed E-state index contributed by atoms with van der Waals surface area (Å²) < 4.78 is 29.8. The van der Waals surface area contributed by atoms with Crippen LogP contribution in [0.2, 0.25) is 0 Å². The first kappa shape index (κ1) is 29.1. The van der Waals surface area contributed by atoms with E-state index in [0.29, 0.717) is 0 Å². The number of hydrogen-bond acceptors (Lipinski definition) is 3. The summed E-state index contributed by atoms with van der Waals surface area (Å²) in [6, 6.07) is 57.7. The number of nitrogens with zero attached hydrogens (tertiary/aromatic N) is 3. The molecule has 9 aromatic rings. The summed E-state index contributed by atoms with van der Waals surface area (Å²) in [5.74, 6) is 0.815. The fourth-order valence-corrected chi connectivity index (χ4v) is 5.95. The van der Waals surface area contributed by atoms with Crippen LogP contribution in [0, 0.1) is 19.2 Å². The number of rotatable bonds is 5. The third kappa shape index (κ3) is 6.70. The summed E-state index contributed by atoms with van der Waals surface area (Å²) in [4.78, 5) is 9.14. The summed E-state index contributed by atoms with van der Waals surface area (Å²) in [5.41, 5.74) is 11.2. The number of para-hydroxylation sites is 2. The van der Waals surface area contributed by atoms with Crippen LogP contribution >= 0.6 is 0 Å². The average molecular weight is 825 g/mol. The van der Waals surface area contributed by atoms with Crippen molar-refractivity contribution in [3.63, 3.8) is 0 Å². The third-order valence-electron chi connectivity index (χ3n) is 8.39. The van der Waals surface area contributed by atoms with E-state index in [1.54, 1.807) is 18.2 Å². The molecule has 5 heteroatoms. The Morgan fingerprint density at radius 3 is 2.04 bits per heavy atom. The molecule has 3 heterocycles. The molecule has 0 fully saturated rings. The van der Waals surface area contributed by atoms with E-state index >= 15 is 0 Å². The number of imidazole rings is 1. The van der Waals surface area contributed by atoms with Gasteiger partial charge in [-0.2, -0.15) is 0 Å². The van der Waals surface area contributed by atoms with Crippen molar-refractivity contribution in [2.45, 2.75) is 6.85 Å². The first-order valence-electron chi connectivity index (χ1n) is 17.5. The second-order valence-electron chi connectivity index (χ2n) is 11.5. The summed E-state index contributed by atoms with van der Waals surface area (Å²) in [7, 11) is 0. The molecular formula is C45H31IrN3O-2. The first-order chi connectivity index (χ1) is 25.4. The van der Waals surface area contributed by atoms with Gasteiger partial charge in [0.25, 0.3) is 0 Å². The van der Waals surface area contributed by atoms with Crippen LogP contribution in [0.15, 0.2) is 174 Å². The molecule has 0 aliphatic carbocycles. The van der Waals surface area contributed by atoms with Crippen LogP contribution in [0.4, 0.5) is 0 Å². The molecule has 0 saturated carbocycles. The van der Waals surface area contributed by atoms with Gasteiger partial charge in [0.15, 0.2) is 0 Å². The largest absolute Gasteiger partial charge is 0.557 e. The minimum absolute atomic E-state index is 0. The predicted molar refractivity (Wildman–Crippen MR) is 199 cm³/mol. The summed E-state index contributed by atoms with van der Waals surface area (Å²) >= 11 is 0. The molecule has 0 aliphatic rings. The van der Waals surface area contributed by atoms with Crippen molar-refractivity contribution in [3.05, 3.63) is 188 Å². The number of benzene rings is 6. The monoisotopic (exact) mass is 825 g/mol. The maximum absolute atomic E-state index is 7.23. The van der Waals surface area contributed by atoms with Gasteiger partial charge < -0.3 is 14.0 Å². The van der Waals surface area contributed by atoms with Gasteiger partial charge in [0, 0.05) is 47.9 Å². The summed E-state index contributed by atoms with van der Waals surface area (Å²) in [6.45, 7) is -2.09. The van der Waals surface area contributed by atoms with Crippen molar-refractivity contribution in [2.24, 2.45) is 0 Å². The van der Waals surface area contributed by atoms with Gasteiger partial charge in [0.1, 0.15) is 0 Å². The predicted octanol–water partition coefficient (Wildman–Crippen LogP) is 11.4. The molecule has 0 aliphatic heterocycles. The zero-order valence-electron chi connectivity index (χ0n) is 29.7. The van der Waals surface area contributed by atoms with Crippen molar-refractivity contribution < 1.29 is 28.6 Å². The summed E-state index contributed by atoms with van der Waals surface area (Å²) in [6.07, 6.45) is 4.55. The topological polar surface area (TPSA) is 43.9 Å². The number of hydrogen-bond donors (Lipinski definition) is 0. The molecule has 0 spiro atoms. The quantitative estimate of drug-likeness (QED) is 0.162. The van der Waals surface area contributed by atoms with E-state index in [9.17, 15) is 0 Å². The Morgan fingerprint density at radius 1 is 0.660 bits per heavy atom. The van der Waals surface area contributed by atoms with Gasteiger partial charge in [-0.3, -0.25) is 4.98 Å². The van der Waals surface area contributed by atoms with Crippen LogP contribution in [-0.2, 0) is 20.1 Å². The number of fused-ring (bicyclic) bond motifs is 2. The zero-order chi connectivity index (χ0) is 35.5. The van der Waals surface area contributed by atoms with Gasteiger partial charge >= 0.3 is 0 Å². The van der Waals surface area contributed by atoms with Crippen LogP contribution in [-0.4, -0.2) is 14.5 Å². The molecule has 3 aromatic heterocycles. The first-order valence-corrected chi connectivity index (χ1v) is 16.0. The molecule has 50 heavy (non-hydrogen) atoms. The van der Waals surface area contributed by atoms with Crippen molar-refractivity contribution in [1.29, 1.82) is 0 Å². The molecule has 4 nitrogen and oxygen atoms in total. The Kier molecular flexibility index (Phi) is 8.56.